The fraction of sp³-hybridized carbons (Fsp3) is 0.300. The van der Waals surface area contributed by atoms with Gasteiger partial charge in [-0.05, 0) is 58.3 Å². The van der Waals surface area contributed by atoms with E-state index in [0.29, 0.717) is 16.3 Å². The zero-order chi connectivity index (χ0) is 17.6. The summed E-state index contributed by atoms with van der Waals surface area (Å²) < 4.78 is 2.00. The predicted molar refractivity (Wildman–Crippen MR) is 98.8 cm³/mol. The highest BCUT2D eigenvalue weighted by Crippen LogP contribution is 2.23. The summed E-state index contributed by atoms with van der Waals surface area (Å²) in [6, 6.07) is 13.0. The third kappa shape index (κ3) is 2.34. The average molecular weight is 322 g/mol. The number of likely N-dealkylation sites (N-methyl/N-ethyl adjacent to an activating group) is 1. The topological polar surface area (TPSA) is 42.3 Å². The molecule has 0 aliphatic carbocycles. The summed E-state index contributed by atoms with van der Waals surface area (Å²) in [5, 5.41) is 1.25. The maximum Gasteiger partial charge on any atom is 0.197 e. The Bertz CT molecular complexity index is 1010. The monoisotopic (exact) mass is 322 g/mol. The van der Waals surface area contributed by atoms with Crippen LogP contribution in [0.1, 0.15) is 24.2 Å². The van der Waals surface area contributed by atoms with Crippen LogP contribution in [0.4, 0.5) is 0 Å². The van der Waals surface area contributed by atoms with Gasteiger partial charge in [0.2, 0.25) is 0 Å². The molecule has 3 rings (SSSR count). The molecule has 124 valence electrons. The maximum absolute atomic E-state index is 12.9. The van der Waals surface area contributed by atoms with E-state index in [-0.39, 0.29) is 11.2 Å². The van der Waals surface area contributed by atoms with E-state index in [9.17, 15) is 9.59 Å². The van der Waals surface area contributed by atoms with Gasteiger partial charge in [-0.1, -0.05) is 12.1 Å². The number of ketones is 1. The molecule has 0 amide bonds. The fourth-order valence-corrected chi connectivity index (χ4v) is 2.94. The van der Waals surface area contributed by atoms with E-state index in [0.717, 1.165) is 11.0 Å². The zero-order valence-corrected chi connectivity index (χ0v) is 14.8. The molecule has 0 radical (unpaired) electrons. The number of para-hydroxylation sites is 1. The van der Waals surface area contributed by atoms with Gasteiger partial charge in [0.15, 0.2) is 11.2 Å². The van der Waals surface area contributed by atoms with Crippen LogP contribution in [0.5, 0.6) is 0 Å². The Morgan fingerprint density at radius 1 is 1.00 bits per heavy atom. The second kappa shape index (κ2) is 5.56. The molecular formula is C20H22N2O2. The van der Waals surface area contributed by atoms with Gasteiger partial charge in [-0.3, -0.25) is 14.5 Å². The normalized spacial score (nSPS) is 12.2. The Balaban J connectivity index is 2.30. The van der Waals surface area contributed by atoms with Crippen molar-refractivity contribution in [3.8, 4) is 0 Å². The number of benzene rings is 2. The van der Waals surface area contributed by atoms with Crippen LogP contribution < -0.4 is 5.43 Å². The highest BCUT2D eigenvalue weighted by molar-refractivity contribution is 6.05. The number of nitrogens with zero attached hydrogens (tertiary/aromatic N) is 2. The SMILES string of the molecule is CN(C)C(C)(C)C(=O)c1ccc2c(c1)c(=O)c1ccccc1n2C. The summed E-state index contributed by atoms with van der Waals surface area (Å²) in [7, 11) is 5.70. The largest absolute Gasteiger partial charge is 0.343 e. The highest BCUT2D eigenvalue weighted by atomic mass is 16.1. The van der Waals surface area contributed by atoms with Gasteiger partial charge in [0.1, 0.15) is 0 Å². The summed E-state index contributed by atoms with van der Waals surface area (Å²) in [4.78, 5) is 27.6. The van der Waals surface area contributed by atoms with E-state index < -0.39 is 5.54 Å². The van der Waals surface area contributed by atoms with Crippen molar-refractivity contribution >= 4 is 27.6 Å². The molecule has 1 heterocycles. The van der Waals surface area contributed by atoms with Gasteiger partial charge in [0.25, 0.3) is 0 Å². The molecule has 0 aliphatic heterocycles. The number of carbonyl (C=O) groups excluding carboxylic acids is 1. The summed E-state index contributed by atoms with van der Waals surface area (Å²) >= 11 is 0. The maximum atomic E-state index is 12.9. The number of Topliss-reactive ketones (excluding diaryl/α,β-unsaturated/α-hetero) is 1. The van der Waals surface area contributed by atoms with Crippen LogP contribution in [0.25, 0.3) is 21.8 Å². The first-order valence-corrected chi connectivity index (χ1v) is 7.99. The molecule has 0 aliphatic rings. The van der Waals surface area contributed by atoms with E-state index >= 15 is 0 Å². The zero-order valence-electron chi connectivity index (χ0n) is 14.8. The highest BCUT2D eigenvalue weighted by Gasteiger charge is 2.31. The summed E-state index contributed by atoms with van der Waals surface area (Å²) in [5.41, 5.74) is 1.63. The first-order chi connectivity index (χ1) is 11.2. The number of fused-ring (bicyclic) bond motifs is 2. The third-order valence-corrected chi connectivity index (χ3v) is 5.05. The fourth-order valence-electron chi connectivity index (χ4n) is 2.94. The van der Waals surface area contributed by atoms with E-state index in [2.05, 4.69) is 0 Å². The van der Waals surface area contributed by atoms with Crippen molar-refractivity contribution in [1.29, 1.82) is 0 Å². The first kappa shape index (κ1) is 16.4. The van der Waals surface area contributed by atoms with Gasteiger partial charge < -0.3 is 4.57 Å². The van der Waals surface area contributed by atoms with Crippen LogP contribution in [0, 0.1) is 0 Å². The molecule has 0 saturated heterocycles. The van der Waals surface area contributed by atoms with Crippen molar-refractivity contribution in [2.45, 2.75) is 19.4 Å². The van der Waals surface area contributed by atoms with Crippen LogP contribution in [0.3, 0.4) is 0 Å². The minimum Gasteiger partial charge on any atom is -0.343 e. The van der Waals surface area contributed by atoms with Crippen LogP contribution >= 0.6 is 0 Å². The second-order valence-corrected chi connectivity index (χ2v) is 6.92. The van der Waals surface area contributed by atoms with Crippen LogP contribution in [-0.4, -0.2) is 34.9 Å². The van der Waals surface area contributed by atoms with Gasteiger partial charge in [0.05, 0.1) is 16.6 Å². The van der Waals surface area contributed by atoms with Crippen molar-refractivity contribution in [1.82, 2.24) is 9.47 Å². The smallest absolute Gasteiger partial charge is 0.197 e. The van der Waals surface area contributed by atoms with E-state index in [1.807, 2.05) is 80.9 Å². The number of carbonyl (C=O) groups is 1. The molecule has 0 bridgehead atoms. The number of aryl methyl sites for hydroxylation is 1. The molecule has 4 nitrogen and oxygen atoms in total. The quantitative estimate of drug-likeness (QED) is 0.549. The number of pyridine rings is 1. The number of hydrogen-bond acceptors (Lipinski definition) is 3. The third-order valence-electron chi connectivity index (χ3n) is 5.05. The van der Waals surface area contributed by atoms with Crippen molar-refractivity contribution < 1.29 is 4.79 Å². The summed E-state index contributed by atoms with van der Waals surface area (Å²) in [6.07, 6.45) is 0. The van der Waals surface area contributed by atoms with E-state index in [4.69, 9.17) is 0 Å². The van der Waals surface area contributed by atoms with Gasteiger partial charge in [0, 0.05) is 23.4 Å². The molecular weight excluding hydrogens is 300 g/mol. The van der Waals surface area contributed by atoms with Crippen LogP contribution in [0.15, 0.2) is 47.3 Å². The Kier molecular flexibility index (Phi) is 3.80. The van der Waals surface area contributed by atoms with Crippen molar-refractivity contribution in [2.24, 2.45) is 7.05 Å². The lowest BCUT2D eigenvalue weighted by Crippen LogP contribution is -2.45. The van der Waals surface area contributed by atoms with Crippen molar-refractivity contribution in [3.63, 3.8) is 0 Å². The predicted octanol–water partition coefficient (Wildman–Crippen LogP) is 3.21. The molecule has 0 unspecified atom stereocenters. The lowest BCUT2D eigenvalue weighted by molar-refractivity contribution is 0.0755. The van der Waals surface area contributed by atoms with Crippen LogP contribution in [0.2, 0.25) is 0 Å². The van der Waals surface area contributed by atoms with E-state index in [1.165, 1.54) is 0 Å². The summed E-state index contributed by atoms with van der Waals surface area (Å²) in [6.45, 7) is 3.77. The number of rotatable bonds is 3. The standard InChI is InChI=1S/C20H22N2O2/c1-20(2,21(3)4)19(24)13-10-11-17-15(12-13)18(23)14-8-6-7-9-16(14)22(17)5/h6-12H,1-5H3. The molecule has 1 aromatic heterocycles. The minimum absolute atomic E-state index is 0.00427. The first-order valence-electron chi connectivity index (χ1n) is 7.99. The molecule has 0 spiro atoms. The summed E-state index contributed by atoms with van der Waals surface area (Å²) in [5.74, 6) is 0.00427. The lowest BCUT2D eigenvalue weighted by Gasteiger charge is -2.31. The molecule has 0 saturated carbocycles. The Labute approximate surface area is 141 Å². The van der Waals surface area contributed by atoms with Gasteiger partial charge in [-0.15, -0.1) is 0 Å². The number of aromatic nitrogens is 1. The molecule has 0 atom stereocenters. The van der Waals surface area contributed by atoms with E-state index in [1.54, 1.807) is 6.07 Å². The molecule has 2 aromatic carbocycles. The molecule has 24 heavy (non-hydrogen) atoms. The van der Waals surface area contributed by atoms with Crippen molar-refractivity contribution in [2.75, 3.05) is 14.1 Å². The van der Waals surface area contributed by atoms with Gasteiger partial charge in [-0.2, -0.15) is 0 Å². The molecule has 3 aromatic rings. The Hall–Kier alpha value is -2.46. The van der Waals surface area contributed by atoms with Gasteiger partial charge in [-0.25, -0.2) is 0 Å². The van der Waals surface area contributed by atoms with Gasteiger partial charge >= 0.3 is 0 Å². The van der Waals surface area contributed by atoms with Crippen molar-refractivity contribution in [3.05, 3.63) is 58.3 Å². The molecule has 0 N–H and O–H groups in total. The van der Waals surface area contributed by atoms with Crippen LogP contribution in [-0.2, 0) is 7.05 Å². The molecule has 0 fully saturated rings. The Morgan fingerprint density at radius 2 is 1.62 bits per heavy atom. The molecule has 4 heteroatoms. The second-order valence-electron chi connectivity index (χ2n) is 6.92. The minimum atomic E-state index is -0.629. The lowest BCUT2D eigenvalue weighted by atomic mass is 9.91. The average Bonchev–Trinajstić information content (AvgIpc) is 2.58. The Morgan fingerprint density at radius 3 is 2.29 bits per heavy atom. The number of hydrogen-bond donors (Lipinski definition) is 0.